The molecule has 0 spiro atoms. The first-order valence-corrected chi connectivity index (χ1v) is 9.68. The molecule has 1 aliphatic heterocycles. The highest BCUT2D eigenvalue weighted by atomic mass is 35.5. The lowest BCUT2D eigenvalue weighted by Gasteiger charge is -2.36. The molecule has 28 heavy (non-hydrogen) atoms. The molecule has 1 heterocycles. The molecule has 2 aromatic rings. The highest BCUT2D eigenvalue weighted by Gasteiger charge is 2.30. The van der Waals surface area contributed by atoms with Crippen LogP contribution in [0, 0.1) is 5.92 Å². The van der Waals surface area contributed by atoms with Crippen molar-refractivity contribution in [3.8, 4) is 0 Å². The van der Waals surface area contributed by atoms with Gasteiger partial charge in [0.1, 0.15) is 0 Å². The molecule has 1 saturated carbocycles. The summed E-state index contributed by atoms with van der Waals surface area (Å²) in [6.07, 6.45) is 1.94. The van der Waals surface area contributed by atoms with Gasteiger partial charge in [0.15, 0.2) is 0 Å². The zero-order valence-electron chi connectivity index (χ0n) is 15.4. The monoisotopic (exact) mass is 419 g/mol. The minimum absolute atomic E-state index is 0. The number of carbonyl (C=O) groups is 2. The van der Waals surface area contributed by atoms with Gasteiger partial charge in [0, 0.05) is 41.8 Å². The molecule has 7 heteroatoms. The first kappa shape index (κ1) is 20.6. The number of hydrogen-bond acceptors (Lipinski definition) is 3. The van der Waals surface area contributed by atoms with Gasteiger partial charge >= 0.3 is 0 Å². The van der Waals surface area contributed by atoms with Gasteiger partial charge in [-0.15, -0.1) is 12.4 Å². The van der Waals surface area contributed by atoms with E-state index >= 15 is 0 Å². The molecular weight excluding hydrogens is 397 g/mol. The third-order valence-electron chi connectivity index (χ3n) is 5.09. The molecule has 2 aromatic carbocycles. The smallest absolute Gasteiger partial charge is 0.254 e. The highest BCUT2D eigenvalue weighted by Crippen LogP contribution is 2.30. The van der Waals surface area contributed by atoms with E-state index in [2.05, 4.69) is 10.6 Å². The van der Waals surface area contributed by atoms with Crippen molar-refractivity contribution in [2.45, 2.75) is 18.9 Å². The van der Waals surface area contributed by atoms with Crippen LogP contribution in [0.5, 0.6) is 0 Å². The van der Waals surface area contributed by atoms with E-state index in [0.717, 1.165) is 30.6 Å². The van der Waals surface area contributed by atoms with E-state index in [-0.39, 0.29) is 36.2 Å². The average molecular weight is 420 g/mol. The molecular formula is C21H23Cl2N3O2. The summed E-state index contributed by atoms with van der Waals surface area (Å²) in [4.78, 5) is 26.9. The van der Waals surface area contributed by atoms with Crippen LogP contribution < -0.4 is 10.6 Å². The average Bonchev–Trinajstić information content (AvgIpc) is 3.53. The largest absolute Gasteiger partial charge is 0.329 e. The minimum Gasteiger partial charge on any atom is -0.329 e. The first-order valence-electron chi connectivity index (χ1n) is 9.30. The number of carbonyl (C=O) groups excluding carboxylic acids is 2. The van der Waals surface area contributed by atoms with Crippen molar-refractivity contribution in [2.24, 2.45) is 5.92 Å². The number of nitrogens with one attached hydrogen (secondary N) is 2. The van der Waals surface area contributed by atoms with Crippen molar-refractivity contribution in [3.05, 3.63) is 64.7 Å². The summed E-state index contributed by atoms with van der Waals surface area (Å²) in [7, 11) is 0. The number of amides is 2. The maximum atomic E-state index is 13.1. The van der Waals surface area contributed by atoms with Gasteiger partial charge < -0.3 is 15.5 Å². The van der Waals surface area contributed by atoms with Crippen LogP contribution in [-0.4, -0.2) is 36.3 Å². The number of halogens is 2. The van der Waals surface area contributed by atoms with Crippen molar-refractivity contribution < 1.29 is 9.59 Å². The second-order valence-corrected chi connectivity index (χ2v) is 7.55. The molecule has 4 rings (SSSR count). The zero-order chi connectivity index (χ0) is 18.8. The Morgan fingerprint density at radius 3 is 2.54 bits per heavy atom. The highest BCUT2D eigenvalue weighted by molar-refractivity contribution is 6.30. The molecule has 2 aliphatic rings. The van der Waals surface area contributed by atoms with Gasteiger partial charge in [0.25, 0.3) is 5.91 Å². The van der Waals surface area contributed by atoms with Gasteiger partial charge in [-0.2, -0.15) is 0 Å². The van der Waals surface area contributed by atoms with E-state index in [4.69, 9.17) is 11.6 Å². The molecule has 1 aliphatic carbocycles. The fraction of sp³-hybridized carbons (Fsp3) is 0.333. The summed E-state index contributed by atoms with van der Waals surface area (Å²) in [6.45, 7) is 2.09. The van der Waals surface area contributed by atoms with Crippen LogP contribution in [0.15, 0.2) is 48.5 Å². The van der Waals surface area contributed by atoms with Crippen LogP contribution in [-0.2, 0) is 4.79 Å². The van der Waals surface area contributed by atoms with Gasteiger partial charge in [-0.05, 0) is 54.8 Å². The van der Waals surface area contributed by atoms with Gasteiger partial charge in [-0.1, -0.05) is 23.7 Å². The summed E-state index contributed by atoms with van der Waals surface area (Å²) in [5.74, 6) is 0.212. The van der Waals surface area contributed by atoms with Crippen molar-refractivity contribution in [3.63, 3.8) is 0 Å². The van der Waals surface area contributed by atoms with Gasteiger partial charge in [0.2, 0.25) is 5.91 Å². The number of piperazine rings is 1. The molecule has 1 saturated heterocycles. The van der Waals surface area contributed by atoms with Crippen molar-refractivity contribution in [1.82, 2.24) is 10.2 Å². The number of rotatable bonds is 4. The van der Waals surface area contributed by atoms with E-state index in [1.807, 2.05) is 29.2 Å². The Hall–Kier alpha value is -2.08. The predicted molar refractivity (Wildman–Crippen MR) is 113 cm³/mol. The lowest BCUT2D eigenvalue weighted by Crippen LogP contribution is -2.48. The van der Waals surface area contributed by atoms with Gasteiger partial charge in [-0.25, -0.2) is 0 Å². The molecule has 148 valence electrons. The number of nitrogens with zero attached hydrogens (tertiary/aromatic N) is 1. The molecule has 1 atom stereocenters. The van der Waals surface area contributed by atoms with Crippen LogP contribution in [0.25, 0.3) is 0 Å². The summed E-state index contributed by atoms with van der Waals surface area (Å²) >= 11 is 6.14. The maximum Gasteiger partial charge on any atom is 0.254 e. The van der Waals surface area contributed by atoms with Crippen molar-refractivity contribution in [2.75, 3.05) is 25.0 Å². The quantitative estimate of drug-likeness (QED) is 0.789. The molecule has 2 amide bonds. The number of benzene rings is 2. The van der Waals surface area contributed by atoms with Crippen LogP contribution in [0.3, 0.4) is 0 Å². The molecule has 5 nitrogen and oxygen atoms in total. The Bertz CT molecular complexity index is 853. The van der Waals surface area contributed by atoms with E-state index in [1.54, 1.807) is 24.3 Å². The Labute approximate surface area is 175 Å². The standard InChI is InChI=1S/C21H22ClN3O2.ClH/c22-17-3-1-2-16(12-17)19-13-23-10-11-25(19)21(27)15-6-8-18(9-7-15)24-20(26)14-4-5-14;/h1-3,6-9,12,14,19,23H,4-5,10-11,13H2,(H,24,26);1H. The van der Waals surface area contributed by atoms with Crippen LogP contribution >= 0.6 is 24.0 Å². The van der Waals surface area contributed by atoms with Crippen molar-refractivity contribution >= 4 is 41.5 Å². The second kappa shape index (κ2) is 8.95. The fourth-order valence-electron chi connectivity index (χ4n) is 3.41. The van der Waals surface area contributed by atoms with Gasteiger partial charge in [-0.3, -0.25) is 9.59 Å². The lowest BCUT2D eigenvalue weighted by atomic mass is 10.0. The third-order valence-corrected chi connectivity index (χ3v) is 5.32. The van der Waals surface area contributed by atoms with E-state index in [9.17, 15) is 9.59 Å². The normalized spacial score (nSPS) is 18.9. The first-order chi connectivity index (χ1) is 13.1. The Morgan fingerprint density at radius 1 is 1.11 bits per heavy atom. The predicted octanol–water partition coefficient (Wildman–Crippen LogP) is 3.90. The van der Waals surface area contributed by atoms with Crippen molar-refractivity contribution in [1.29, 1.82) is 0 Å². The van der Waals surface area contributed by atoms with E-state index < -0.39 is 0 Å². The van der Waals surface area contributed by atoms with Crippen LogP contribution in [0.2, 0.25) is 5.02 Å². The van der Waals surface area contributed by atoms with Crippen LogP contribution in [0.1, 0.15) is 34.8 Å². The Morgan fingerprint density at radius 2 is 1.86 bits per heavy atom. The maximum absolute atomic E-state index is 13.1. The summed E-state index contributed by atoms with van der Waals surface area (Å²) in [6, 6.07) is 14.8. The molecule has 0 aromatic heterocycles. The minimum atomic E-state index is -0.0563. The second-order valence-electron chi connectivity index (χ2n) is 7.11. The number of anilines is 1. The lowest BCUT2D eigenvalue weighted by molar-refractivity contribution is -0.117. The Balaban J connectivity index is 0.00000225. The molecule has 2 N–H and O–H groups in total. The molecule has 0 bridgehead atoms. The van der Waals surface area contributed by atoms with E-state index in [1.165, 1.54) is 0 Å². The third kappa shape index (κ3) is 4.66. The molecule has 0 radical (unpaired) electrons. The topological polar surface area (TPSA) is 61.4 Å². The van der Waals surface area contributed by atoms with Crippen LogP contribution in [0.4, 0.5) is 5.69 Å². The fourth-order valence-corrected chi connectivity index (χ4v) is 3.61. The summed E-state index contributed by atoms with van der Waals surface area (Å²) in [5, 5.41) is 6.92. The molecule has 1 unspecified atom stereocenters. The Kier molecular flexibility index (Phi) is 6.60. The summed E-state index contributed by atoms with van der Waals surface area (Å²) in [5.41, 5.74) is 2.37. The van der Waals surface area contributed by atoms with Gasteiger partial charge in [0.05, 0.1) is 6.04 Å². The molecule has 2 fully saturated rings. The zero-order valence-corrected chi connectivity index (χ0v) is 16.9. The summed E-state index contributed by atoms with van der Waals surface area (Å²) < 4.78 is 0. The van der Waals surface area contributed by atoms with E-state index in [0.29, 0.717) is 23.7 Å². The number of hydrogen-bond donors (Lipinski definition) is 2. The SMILES string of the molecule is Cl.O=C(Nc1ccc(C(=O)N2CCNCC2c2cccc(Cl)c2)cc1)C1CC1.